The zero-order chi connectivity index (χ0) is 13.6. The van der Waals surface area contributed by atoms with Gasteiger partial charge in [-0.15, -0.1) is 5.10 Å². The van der Waals surface area contributed by atoms with Gasteiger partial charge in [-0.2, -0.15) is 13.2 Å². The van der Waals surface area contributed by atoms with E-state index in [2.05, 4.69) is 20.3 Å². The first-order valence-corrected chi connectivity index (χ1v) is 5.00. The molecule has 1 aromatic rings. The third kappa shape index (κ3) is 5.57. The predicted molar refractivity (Wildman–Crippen MR) is 50.6 cm³/mol. The van der Waals surface area contributed by atoms with Crippen LogP contribution in [0.5, 0.6) is 0 Å². The number of carboxylic acids is 1. The maximum Gasteiger partial charge on any atom is 0.411 e. The van der Waals surface area contributed by atoms with Gasteiger partial charge in [-0.25, -0.2) is 4.68 Å². The van der Waals surface area contributed by atoms with Crippen molar-refractivity contribution in [1.29, 1.82) is 0 Å². The molecule has 10 heteroatoms. The minimum atomic E-state index is -4.37. The molecule has 0 saturated carbocycles. The molecule has 0 aliphatic carbocycles. The van der Waals surface area contributed by atoms with Crippen LogP contribution in [-0.2, 0) is 22.5 Å². The Balaban J connectivity index is 2.34. The average Bonchev–Trinajstić information content (AvgIpc) is 2.67. The highest BCUT2D eigenvalue weighted by Crippen LogP contribution is 2.14. The number of tetrazole rings is 1. The van der Waals surface area contributed by atoms with Crippen molar-refractivity contribution in [3.8, 4) is 0 Å². The highest BCUT2D eigenvalue weighted by atomic mass is 19.4. The first-order valence-electron chi connectivity index (χ1n) is 5.00. The fraction of sp³-hybridized carbons (Fsp3) is 0.750. The molecule has 0 aromatic carbocycles. The largest absolute Gasteiger partial charge is 0.481 e. The number of alkyl halides is 3. The molecule has 1 heterocycles. The second-order valence-electron chi connectivity index (χ2n) is 3.38. The van der Waals surface area contributed by atoms with Crippen LogP contribution >= 0.6 is 0 Å². The molecule has 0 aliphatic heterocycles. The van der Waals surface area contributed by atoms with E-state index in [0.717, 1.165) is 0 Å². The molecule has 1 aromatic heterocycles. The normalized spacial score (nSPS) is 11.7. The van der Waals surface area contributed by atoms with E-state index >= 15 is 0 Å². The molecule has 1 rings (SSSR count). The van der Waals surface area contributed by atoms with Crippen LogP contribution in [-0.4, -0.2) is 50.7 Å². The number of rotatable bonds is 7. The van der Waals surface area contributed by atoms with Crippen molar-refractivity contribution < 1.29 is 27.8 Å². The minimum Gasteiger partial charge on any atom is -0.481 e. The molecule has 0 bridgehead atoms. The molecule has 0 fully saturated rings. The van der Waals surface area contributed by atoms with Gasteiger partial charge in [0.2, 0.25) is 0 Å². The number of aliphatic carboxylic acids is 1. The van der Waals surface area contributed by atoms with Crippen molar-refractivity contribution in [2.45, 2.75) is 25.6 Å². The van der Waals surface area contributed by atoms with Crippen LogP contribution in [0.3, 0.4) is 0 Å². The van der Waals surface area contributed by atoms with Crippen LogP contribution in [0.2, 0.25) is 0 Å². The molecule has 0 amide bonds. The highest BCUT2D eigenvalue weighted by molar-refractivity contribution is 5.66. The molecule has 102 valence electrons. The fourth-order valence-corrected chi connectivity index (χ4v) is 1.13. The van der Waals surface area contributed by atoms with Gasteiger partial charge in [0.1, 0.15) is 6.61 Å². The zero-order valence-corrected chi connectivity index (χ0v) is 9.22. The number of hydrogen-bond acceptors (Lipinski definition) is 5. The smallest absolute Gasteiger partial charge is 0.411 e. The van der Waals surface area contributed by atoms with Crippen molar-refractivity contribution in [2.24, 2.45) is 0 Å². The summed E-state index contributed by atoms with van der Waals surface area (Å²) in [6, 6.07) is 0. The Kier molecular flexibility index (Phi) is 5.01. The Labute approximate surface area is 99.5 Å². The van der Waals surface area contributed by atoms with Gasteiger partial charge in [-0.1, -0.05) is 0 Å². The lowest BCUT2D eigenvalue weighted by Gasteiger charge is -2.07. The Morgan fingerprint density at radius 1 is 1.44 bits per heavy atom. The number of aromatic nitrogens is 4. The van der Waals surface area contributed by atoms with E-state index in [9.17, 15) is 18.0 Å². The van der Waals surface area contributed by atoms with Gasteiger partial charge in [0, 0.05) is 6.42 Å². The van der Waals surface area contributed by atoms with E-state index in [4.69, 9.17) is 5.11 Å². The summed E-state index contributed by atoms with van der Waals surface area (Å²) in [6.45, 7) is -1.45. The quantitative estimate of drug-likeness (QED) is 0.714. The third-order valence-corrected chi connectivity index (χ3v) is 1.88. The first-order chi connectivity index (χ1) is 8.38. The second kappa shape index (κ2) is 6.28. The van der Waals surface area contributed by atoms with Crippen LogP contribution in [0.1, 0.15) is 12.2 Å². The van der Waals surface area contributed by atoms with E-state index < -0.39 is 18.8 Å². The number of carbonyl (C=O) groups is 1. The van der Waals surface area contributed by atoms with Gasteiger partial charge in [-0.05, 0) is 10.4 Å². The molecule has 18 heavy (non-hydrogen) atoms. The average molecular weight is 268 g/mol. The molecule has 0 spiro atoms. The highest BCUT2D eigenvalue weighted by Gasteiger charge is 2.27. The van der Waals surface area contributed by atoms with Gasteiger partial charge in [0.05, 0.1) is 19.6 Å². The molecule has 0 aliphatic rings. The van der Waals surface area contributed by atoms with Crippen LogP contribution < -0.4 is 0 Å². The predicted octanol–water partition coefficient (Wildman–Crippen LogP) is 0.269. The van der Waals surface area contributed by atoms with Crippen molar-refractivity contribution in [3.63, 3.8) is 0 Å². The Morgan fingerprint density at radius 3 is 2.78 bits per heavy atom. The number of halogens is 3. The van der Waals surface area contributed by atoms with Crippen LogP contribution in [0.4, 0.5) is 13.2 Å². The summed E-state index contributed by atoms with van der Waals surface area (Å²) >= 11 is 0. The van der Waals surface area contributed by atoms with Crippen LogP contribution in [0, 0.1) is 0 Å². The van der Waals surface area contributed by atoms with Crippen LogP contribution in [0.25, 0.3) is 0 Å². The van der Waals surface area contributed by atoms with Gasteiger partial charge in [0.25, 0.3) is 0 Å². The Hall–Kier alpha value is -1.71. The van der Waals surface area contributed by atoms with E-state index in [0.29, 0.717) is 5.82 Å². The summed E-state index contributed by atoms with van der Waals surface area (Å²) in [5, 5.41) is 18.9. The molecular weight excluding hydrogens is 257 g/mol. The minimum absolute atomic E-state index is 0.0664. The Morgan fingerprint density at radius 2 is 2.17 bits per heavy atom. The number of aryl methyl sites for hydroxylation is 1. The summed E-state index contributed by atoms with van der Waals surface area (Å²) in [5.41, 5.74) is 0. The van der Waals surface area contributed by atoms with Gasteiger partial charge < -0.3 is 9.84 Å². The lowest BCUT2D eigenvalue weighted by Crippen LogP contribution is -2.19. The van der Waals surface area contributed by atoms with Gasteiger partial charge in [-0.3, -0.25) is 4.79 Å². The van der Waals surface area contributed by atoms with E-state index in [-0.39, 0.29) is 26.0 Å². The second-order valence-corrected chi connectivity index (χ2v) is 3.38. The van der Waals surface area contributed by atoms with Gasteiger partial charge >= 0.3 is 12.1 Å². The van der Waals surface area contributed by atoms with E-state index in [1.165, 1.54) is 4.68 Å². The third-order valence-electron chi connectivity index (χ3n) is 1.88. The van der Waals surface area contributed by atoms with E-state index in [1.807, 2.05) is 0 Å². The molecule has 0 saturated heterocycles. The maximum atomic E-state index is 11.8. The number of carboxylic acid groups (broad SMARTS) is 1. The molecule has 0 unspecified atom stereocenters. The molecular formula is C8H11F3N4O3. The standard InChI is InChI=1S/C8H11F3N4O3/c9-8(10,11)5-18-4-2-6-12-13-14-15(6)3-1-7(16)17/h1-5H2,(H,16,17). The maximum absolute atomic E-state index is 11.8. The summed E-state index contributed by atoms with van der Waals surface area (Å²) in [4.78, 5) is 10.3. The Bertz CT molecular complexity index is 393. The summed E-state index contributed by atoms with van der Waals surface area (Å²) in [5.74, 6) is -0.719. The number of ether oxygens (including phenoxy) is 1. The topological polar surface area (TPSA) is 90.1 Å². The monoisotopic (exact) mass is 268 g/mol. The van der Waals surface area contributed by atoms with Crippen molar-refractivity contribution in [1.82, 2.24) is 20.2 Å². The SMILES string of the molecule is O=C(O)CCn1nnnc1CCOCC(F)(F)F. The summed E-state index contributed by atoms with van der Waals surface area (Å²) < 4.78 is 41.0. The lowest BCUT2D eigenvalue weighted by atomic mass is 10.4. The van der Waals surface area contributed by atoms with Crippen LogP contribution in [0.15, 0.2) is 0 Å². The lowest BCUT2D eigenvalue weighted by molar-refractivity contribution is -0.173. The van der Waals surface area contributed by atoms with Crippen molar-refractivity contribution >= 4 is 5.97 Å². The number of nitrogens with zero attached hydrogens (tertiary/aromatic N) is 4. The summed E-state index contributed by atoms with van der Waals surface area (Å²) in [6.07, 6.45) is -4.45. The van der Waals surface area contributed by atoms with Gasteiger partial charge in [0.15, 0.2) is 5.82 Å². The molecule has 7 nitrogen and oxygen atoms in total. The zero-order valence-electron chi connectivity index (χ0n) is 9.22. The van der Waals surface area contributed by atoms with E-state index in [1.54, 1.807) is 0 Å². The van der Waals surface area contributed by atoms with Crippen molar-refractivity contribution in [2.75, 3.05) is 13.2 Å². The van der Waals surface area contributed by atoms with Crippen molar-refractivity contribution in [3.05, 3.63) is 5.82 Å². The molecule has 0 radical (unpaired) electrons. The fourth-order valence-electron chi connectivity index (χ4n) is 1.13. The summed E-state index contributed by atoms with van der Waals surface area (Å²) in [7, 11) is 0. The molecule has 1 N–H and O–H groups in total. The molecule has 0 atom stereocenters. The first kappa shape index (κ1) is 14.4. The number of hydrogen-bond donors (Lipinski definition) is 1.